The Morgan fingerprint density at radius 1 is 1.56 bits per heavy atom. The molecule has 0 spiro atoms. The summed E-state index contributed by atoms with van der Waals surface area (Å²) in [6.07, 6.45) is 0.469. The molecule has 5 heteroatoms. The predicted octanol–water partition coefficient (Wildman–Crippen LogP) is 1.06. The molecule has 1 amide bonds. The topological polar surface area (TPSA) is 62.9 Å². The van der Waals surface area contributed by atoms with E-state index < -0.39 is 0 Å². The Kier molecular flexibility index (Phi) is 4.04. The van der Waals surface area contributed by atoms with Crippen LogP contribution in [0.15, 0.2) is 16.5 Å². The van der Waals surface area contributed by atoms with Gasteiger partial charge in [-0.2, -0.15) is 0 Å². The number of furan rings is 1. The van der Waals surface area contributed by atoms with E-state index in [1.165, 1.54) is 0 Å². The summed E-state index contributed by atoms with van der Waals surface area (Å²) in [7, 11) is 0. The number of ether oxygens (including phenoxy) is 1. The van der Waals surface area contributed by atoms with Crippen molar-refractivity contribution in [2.75, 3.05) is 19.8 Å². The number of amides is 1. The van der Waals surface area contributed by atoms with Gasteiger partial charge in [0.05, 0.1) is 25.4 Å². The average molecular weight is 253 g/mol. The molecule has 1 aliphatic rings. The van der Waals surface area contributed by atoms with Crippen LogP contribution in [0.25, 0.3) is 0 Å². The van der Waals surface area contributed by atoms with Crippen molar-refractivity contribution >= 4 is 5.91 Å². The molecule has 1 fully saturated rings. The van der Waals surface area contributed by atoms with Crippen LogP contribution in [-0.4, -0.2) is 47.8 Å². The Balaban J connectivity index is 2.11. The Morgan fingerprint density at radius 3 is 2.94 bits per heavy atom. The third-order valence-electron chi connectivity index (χ3n) is 3.19. The van der Waals surface area contributed by atoms with Crippen molar-refractivity contribution in [2.24, 2.45) is 0 Å². The number of morpholine rings is 1. The molecule has 0 saturated carbocycles. The lowest BCUT2D eigenvalue weighted by Gasteiger charge is -2.36. The summed E-state index contributed by atoms with van der Waals surface area (Å²) in [4.78, 5) is 14.0. The van der Waals surface area contributed by atoms with E-state index in [9.17, 15) is 4.79 Å². The van der Waals surface area contributed by atoms with Crippen molar-refractivity contribution in [2.45, 2.75) is 32.4 Å². The lowest BCUT2D eigenvalue weighted by atomic mass is 10.2. The lowest BCUT2D eigenvalue weighted by molar-refractivity contribution is -0.0674. The Morgan fingerprint density at radius 2 is 2.33 bits per heavy atom. The standard InChI is InChI=1S/C13H19NO4/c1-3-10-4-5-12(18-10)13(16)14-6-11(7-15)17-8-9(14)2/h4-5,9,11,15H,3,6-8H2,1-2H3. The molecule has 100 valence electrons. The summed E-state index contributed by atoms with van der Waals surface area (Å²) in [5, 5.41) is 9.10. The molecule has 1 aromatic heterocycles. The smallest absolute Gasteiger partial charge is 0.289 e. The molecule has 2 rings (SSSR count). The summed E-state index contributed by atoms with van der Waals surface area (Å²) >= 11 is 0. The highest BCUT2D eigenvalue weighted by Crippen LogP contribution is 2.17. The molecule has 0 radical (unpaired) electrons. The summed E-state index contributed by atoms with van der Waals surface area (Å²) in [6, 6.07) is 3.52. The zero-order valence-corrected chi connectivity index (χ0v) is 10.8. The van der Waals surface area contributed by atoms with Crippen LogP contribution in [0.5, 0.6) is 0 Å². The zero-order valence-electron chi connectivity index (χ0n) is 10.8. The van der Waals surface area contributed by atoms with E-state index >= 15 is 0 Å². The van der Waals surface area contributed by atoms with Gasteiger partial charge in [0.25, 0.3) is 5.91 Å². The van der Waals surface area contributed by atoms with Crippen LogP contribution in [-0.2, 0) is 11.2 Å². The SMILES string of the molecule is CCc1ccc(C(=O)N2CC(CO)OCC2C)o1. The fourth-order valence-electron chi connectivity index (χ4n) is 2.04. The van der Waals surface area contributed by atoms with E-state index in [4.69, 9.17) is 14.3 Å². The number of carbonyl (C=O) groups excluding carboxylic acids is 1. The maximum absolute atomic E-state index is 12.3. The van der Waals surface area contributed by atoms with E-state index in [1.54, 1.807) is 11.0 Å². The number of aliphatic hydroxyl groups is 1. The van der Waals surface area contributed by atoms with Gasteiger partial charge in [0.1, 0.15) is 5.76 Å². The first-order valence-electron chi connectivity index (χ1n) is 6.27. The second kappa shape index (κ2) is 5.54. The van der Waals surface area contributed by atoms with Gasteiger partial charge in [-0.05, 0) is 19.1 Å². The number of nitrogens with zero attached hydrogens (tertiary/aromatic N) is 1. The van der Waals surface area contributed by atoms with Gasteiger partial charge in [0.15, 0.2) is 5.76 Å². The van der Waals surface area contributed by atoms with E-state index in [-0.39, 0.29) is 24.7 Å². The normalized spacial score (nSPS) is 24.3. The fraction of sp³-hybridized carbons (Fsp3) is 0.615. The molecule has 0 bridgehead atoms. The summed E-state index contributed by atoms with van der Waals surface area (Å²) in [5.41, 5.74) is 0. The molecule has 2 unspecified atom stereocenters. The molecule has 0 aliphatic carbocycles. The zero-order chi connectivity index (χ0) is 13.1. The maximum atomic E-state index is 12.3. The fourth-order valence-corrected chi connectivity index (χ4v) is 2.04. The lowest BCUT2D eigenvalue weighted by Crippen LogP contribution is -2.51. The molecule has 2 atom stereocenters. The highest BCUT2D eigenvalue weighted by Gasteiger charge is 2.31. The quantitative estimate of drug-likeness (QED) is 0.875. The number of hydrogen-bond donors (Lipinski definition) is 1. The highest BCUT2D eigenvalue weighted by molar-refractivity contribution is 5.91. The third kappa shape index (κ3) is 2.57. The van der Waals surface area contributed by atoms with Gasteiger partial charge in [-0.15, -0.1) is 0 Å². The van der Waals surface area contributed by atoms with Crippen LogP contribution in [0, 0.1) is 0 Å². The first kappa shape index (κ1) is 13.1. The second-order valence-electron chi connectivity index (χ2n) is 4.56. The molecule has 1 aliphatic heterocycles. The second-order valence-corrected chi connectivity index (χ2v) is 4.56. The van der Waals surface area contributed by atoms with Crippen molar-refractivity contribution < 1.29 is 19.1 Å². The van der Waals surface area contributed by atoms with Crippen LogP contribution in [0.2, 0.25) is 0 Å². The van der Waals surface area contributed by atoms with Crippen LogP contribution >= 0.6 is 0 Å². The van der Waals surface area contributed by atoms with Gasteiger partial charge >= 0.3 is 0 Å². The van der Waals surface area contributed by atoms with Crippen LogP contribution in [0.1, 0.15) is 30.2 Å². The molecule has 1 N–H and O–H groups in total. The molecule has 5 nitrogen and oxygen atoms in total. The van der Waals surface area contributed by atoms with E-state index in [0.717, 1.165) is 12.2 Å². The monoisotopic (exact) mass is 253 g/mol. The molecule has 1 aromatic rings. The summed E-state index contributed by atoms with van der Waals surface area (Å²) in [6.45, 7) is 4.67. The van der Waals surface area contributed by atoms with Crippen LogP contribution in [0.4, 0.5) is 0 Å². The minimum Gasteiger partial charge on any atom is -0.456 e. The first-order valence-corrected chi connectivity index (χ1v) is 6.27. The number of hydrogen-bond acceptors (Lipinski definition) is 4. The number of carbonyl (C=O) groups is 1. The Hall–Kier alpha value is -1.33. The molecule has 2 heterocycles. The molecule has 1 saturated heterocycles. The predicted molar refractivity (Wildman–Crippen MR) is 65.4 cm³/mol. The largest absolute Gasteiger partial charge is 0.456 e. The van der Waals surface area contributed by atoms with E-state index in [1.807, 2.05) is 19.9 Å². The number of rotatable bonds is 3. The number of aliphatic hydroxyl groups excluding tert-OH is 1. The molecule has 0 aromatic carbocycles. The minimum atomic E-state index is -0.300. The van der Waals surface area contributed by atoms with Crippen molar-refractivity contribution in [3.8, 4) is 0 Å². The van der Waals surface area contributed by atoms with Gasteiger partial charge in [0.2, 0.25) is 0 Å². The average Bonchev–Trinajstić information content (AvgIpc) is 2.87. The maximum Gasteiger partial charge on any atom is 0.289 e. The van der Waals surface area contributed by atoms with Crippen molar-refractivity contribution in [3.63, 3.8) is 0 Å². The van der Waals surface area contributed by atoms with Gasteiger partial charge in [-0.3, -0.25) is 4.79 Å². The van der Waals surface area contributed by atoms with Crippen LogP contribution < -0.4 is 0 Å². The minimum absolute atomic E-state index is 0.00419. The first-order chi connectivity index (χ1) is 8.65. The van der Waals surface area contributed by atoms with E-state index in [2.05, 4.69) is 0 Å². The summed E-state index contributed by atoms with van der Waals surface area (Å²) in [5.74, 6) is 1.03. The Bertz CT molecular complexity index is 415. The van der Waals surface area contributed by atoms with Gasteiger partial charge < -0.3 is 19.2 Å². The van der Waals surface area contributed by atoms with Crippen molar-refractivity contribution in [1.29, 1.82) is 0 Å². The van der Waals surface area contributed by atoms with E-state index in [0.29, 0.717) is 18.9 Å². The molecular formula is C13H19NO4. The highest BCUT2D eigenvalue weighted by atomic mass is 16.5. The van der Waals surface area contributed by atoms with Gasteiger partial charge in [-0.1, -0.05) is 6.92 Å². The van der Waals surface area contributed by atoms with Gasteiger partial charge in [-0.25, -0.2) is 0 Å². The summed E-state index contributed by atoms with van der Waals surface area (Å²) < 4.78 is 10.9. The van der Waals surface area contributed by atoms with Crippen molar-refractivity contribution in [1.82, 2.24) is 4.90 Å². The van der Waals surface area contributed by atoms with Crippen molar-refractivity contribution in [3.05, 3.63) is 23.7 Å². The van der Waals surface area contributed by atoms with Crippen LogP contribution in [0.3, 0.4) is 0 Å². The number of aryl methyl sites for hydroxylation is 1. The molecular weight excluding hydrogens is 234 g/mol. The van der Waals surface area contributed by atoms with Gasteiger partial charge in [0, 0.05) is 13.0 Å². The third-order valence-corrected chi connectivity index (χ3v) is 3.19. The molecule has 18 heavy (non-hydrogen) atoms. The Labute approximate surface area is 106 Å².